The van der Waals surface area contributed by atoms with Crippen LogP contribution in [0.2, 0.25) is 0 Å². The van der Waals surface area contributed by atoms with Crippen LogP contribution >= 0.6 is 0 Å². The van der Waals surface area contributed by atoms with Gasteiger partial charge in [-0.05, 0) is 36.1 Å². The fraction of sp³-hybridized carbons (Fsp3) is 0.444. The Kier molecular flexibility index (Phi) is 2.63. The lowest BCUT2D eigenvalue weighted by atomic mass is 9.83. The van der Waals surface area contributed by atoms with Crippen LogP contribution in [0.3, 0.4) is 0 Å². The Morgan fingerprint density at radius 3 is 2.53 bits per heavy atom. The van der Waals surface area contributed by atoms with Crippen LogP contribution in [0.5, 0.6) is 0 Å². The summed E-state index contributed by atoms with van der Waals surface area (Å²) in [6, 6.07) is 9.20. The van der Waals surface area contributed by atoms with Crippen LogP contribution in [0.25, 0.3) is 11.3 Å². The van der Waals surface area contributed by atoms with E-state index in [0.29, 0.717) is 5.92 Å². The molecule has 1 aliphatic carbocycles. The van der Waals surface area contributed by atoms with Crippen LogP contribution in [0.1, 0.15) is 44.4 Å². The molecule has 0 spiro atoms. The number of hydrogen-bond donors (Lipinski definition) is 0. The molecule has 1 aliphatic rings. The smallest absolute Gasteiger partial charge is 0.0525 e. The van der Waals surface area contributed by atoms with E-state index in [2.05, 4.69) is 69.6 Å². The summed E-state index contributed by atoms with van der Waals surface area (Å²) in [6.45, 7) is 12.5. The Morgan fingerprint density at radius 2 is 1.84 bits per heavy atom. The second-order valence-electron chi connectivity index (χ2n) is 6.80. The number of aromatic nitrogens is 1. The van der Waals surface area contributed by atoms with Crippen molar-refractivity contribution in [2.75, 3.05) is 0 Å². The van der Waals surface area contributed by atoms with E-state index in [9.17, 15) is 0 Å². The molecule has 100 valence electrons. The number of hydrogen-bond acceptors (Lipinski definition) is 0. The summed E-state index contributed by atoms with van der Waals surface area (Å²) in [7, 11) is 0. The molecule has 0 saturated heterocycles. The second kappa shape index (κ2) is 4.00. The number of rotatable bonds is 2. The summed E-state index contributed by atoms with van der Waals surface area (Å²) in [5.41, 5.74) is 7.32. The van der Waals surface area contributed by atoms with Gasteiger partial charge in [0.05, 0.1) is 5.69 Å². The molecular weight excluding hydrogens is 230 g/mol. The Morgan fingerprint density at radius 1 is 1.11 bits per heavy atom. The third kappa shape index (κ3) is 1.75. The van der Waals surface area contributed by atoms with E-state index in [1.54, 1.807) is 0 Å². The molecule has 1 nitrogen and oxygen atoms in total. The molecule has 0 N–H and O–H groups in total. The highest BCUT2D eigenvalue weighted by Crippen LogP contribution is 2.49. The average molecular weight is 253 g/mol. The van der Waals surface area contributed by atoms with Gasteiger partial charge in [0.25, 0.3) is 0 Å². The van der Waals surface area contributed by atoms with Gasteiger partial charge in [-0.25, -0.2) is 0 Å². The molecule has 2 aromatic rings. The number of aryl methyl sites for hydroxylation is 1. The second-order valence-corrected chi connectivity index (χ2v) is 6.80. The Bertz CT molecular complexity index is 629. The van der Waals surface area contributed by atoms with E-state index < -0.39 is 0 Å². The monoisotopic (exact) mass is 253 g/mol. The summed E-state index contributed by atoms with van der Waals surface area (Å²) in [6.07, 6.45) is 2.26. The van der Waals surface area contributed by atoms with Crippen LogP contribution in [-0.2, 0) is 12.0 Å². The first-order valence-corrected chi connectivity index (χ1v) is 7.22. The molecule has 0 fully saturated rings. The van der Waals surface area contributed by atoms with Crippen molar-refractivity contribution in [1.29, 1.82) is 0 Å². The van der Waals surface area contributed by atoms with E-state index >= 15 is 0 Å². The van der Waals surface area contributed by atoms with E-state index in [1.807, 2.05) is 0 Å². The molecule has 0 amide bonds. The van der Waals surface area contributed by atoms with Crippen molar-refractivity contribution in [3.8, 4) is 11.3 Å². The lowest BCUT2D eigenvalue weighted by Gasteiger charge is -2.20. The predicted octanol–water partition coefficient (Wildman–Crippen LogP) is 4.76. The minimum Gasteiger partial charge on any atom is -0.347 e. The highest BCUT2D eigenvalue weighted by Gasteiger charge is 2.37. The molecule has 1 aromatic carbocycles. The van der Waals surface area contributed by atoms with Gasteiger partial charge in [-0.1, -0.05) is 45.4 Å². The molecule has 1 heteroatoms. The Hall–Kier alpha value is -1.50. The van der Waals surface area contributed by atoms with Crippen molar-refractivity contribution in [3.05, 3.63) is 47.2 Å². The number of fused-ring (bicyclic) bond motifs is 3. The minimum absolute atomic E-state index is 0.139. The van der Waals surface area contributed by atoms with Crippen molar-refractivity contribution in [1.82, 2.24) is 4.57 Å². The quantitative estimate of drug-likeness (QED) is 0.727. The number of benzene rings is 1. The lowest BCUT2D eigenvalue weighted by Crippen LogP contribution is -2.14. The van der Waals surface area contributed by atoms with E-state index in [4.69, 9.17) is 0 Å². The van der Waals surface area contributed by atoms with Crippen molar-refractivity contribution in [3.63, 3.8) is 0 Å². The van der Waals surface area contributed by atoms with Gasteiger partial charge in [0.1, 0.15) is 0 Å². The molecular formula is C18H23N. The zero-order valence-electron chi connectivity index (χ0n) is 12.6. The molecule has 0 atom stereocenters. The zero-order chi connectivity index (χ0) is 13.8. The van der Waals surface area contributed by atoms with Gasteiger partial charge in [-0.2, -0.15) is 0 Å². The normalized spacial score (nSPS) is 15.7. The third-order valence-corrected chi connectivity index (χ3v) is 4.30. The van der Waals surface area contributed by atoms with Crippen molar-refractivity contribution in [2.45, 2.75) is 46.6 Å². The highest BCUT2D eigenvalue weighted by atomic mass is 15.0. The van der Waals surface area contributed by atoms with Gasteiger partial charge in [0.15, 0.2) is 0 Å². The first kappa shape index (κ1) is 12.5. The van der Waals surface area contributed by atoms with Crippen molar-refractivity contribution in [2.24, 2.45) is 5.92 Å². The topological polar surface area (TPSA) is 4.93 Å². The Balaban J connectivity index is 2.24. The molecule has 0 bridgehead atoms. The fourth-order valence-corrected chi connectivity index (χ4v) is 3.37. The predicted molar refractivity (Wildman–Crippen MR) is 81.6 cm³/mol. The van der Waals surface area contributed by atoms with Crippen LogP contribution in [0.4, 0.5) is 0 Å². The van der Waals surface area contributed by atoms with Gasteiger partial charge in [-0.15, -0.1) is 0 Å². The molecule has 0 saturated carbocycles. The van der Waals surface area contributed by atoms with Crippen LogP contribution in [-0.4, -0.2) is 4.57 Å². The third-order valence-electron chi connectivity index (χ3n) is 4.30. The van der Waals surface area contributed by atoms with E-state index in [-0.39, 0.29) is 5.41 Å². The maximum absolute atomic E-state index is 2.44. The van der Waals surface area contributed by atoms with E-state index in [0.717, 1.165) is 6.54 Å². The first-order chi connectivity index (χ1) is 8.91. The maximum atomic E-state index is 2.44. The van der Waals surface area contributed by atoms with Gasteiger partial charge >= 0.3 is 0 Å². The molecule has 0 aliphatic heterocycles. The van der Waals surface area contributed by atoms with E-state index in [1.165, 1.54) is 27.9 Å². The SMILES string of the molecule is Cc1ccc2c(c1)-c1c(ccn1CC(C)C)C2(C)C. The zero-order valence-corrected chi connectivity index (χ0v) is 12.6. The Labute approximate surface area is 116 Å². The summed E-state index contributed by atoms with van der Waals surface area (Å²) >= 11 is 0. The summed E-state index contributed by atoms with van der Waals surface area (Å²) in [5.74, 6) is 0.675. The standard InChI is InChI=1S/C18H23N/c1-12(2)11-19-9-8-16-17(19)14-10-13(3)6-7-15(14)18(16,4)5/h6-10,12H,11H2,1-5H3. The maximum Gasteiger partial charge on any atom is 0.0525 e. The van der Waals surface area contributed by atoms with Crippen LogP contribution in [0.15, 0.2) is 30.5 Å². The number of nitrogens with zero attached hydrogens (tertiary/aromatic N) is 1. The van der Waals surface area contributed by atoms with Crippen molar-refractivity contribution >= 4 is 0 Å². The van der Waals surface area contributed by atoms with Gasteiger partial charge < -0.3 is 4.57 Å². The minimum atomic E-state index is 0.139. The fourth-order valence-electron chi connectivity index (χ4n) is 3.37. The van der Waals surface area contributed by atoms with Gasteiger partial charge in [-0.3, -0.25) is 0 Å². The van der Waals surface area contributed by atoms with Crippen LogP contribution in [0, 0.1) is 12.8 Å². The molecule has 1 heterocycles. The van der Waals surface area contributed by atoms with Crippen molar-refractivity contribution < 1.29 is 0 Å². The average Bonchev–Trinajstić information content (AvgIpc) is 2.79. The molecule has 0 radical (unpaired) electrons. The van der Waals surface area contributed by atoms with Gasteiger partial charge in [0.2, 0.25) is 0 Å². The van der Waals surface area contributed by atoms with Crippen LogP contribution < -0.4 is 0 Å². The first-order valence-electron chi connectivity index (χ1n) is 7.22. The summed E-state index contributed by atoms with van der Waals surface area (Å²) in [4.78, 5) is 0. The van der Waals surface area contributed by atoms with Gasteiger partial charge in [0, 0.05) is 23.7 Å². The summed E-state index contributed by atoms with van der Waals surface area (Å²) < 4.78 is 2.44. The largest absolute Gasteiger partial charge is 0.347 e. The molecule has 3 rings (SSSR count). The summed E-state index contributed by atoms with van der Waals surface area (Å²) in [5, 5.41) is 0. The molecule has 19 heavy (non-hydrogen) atoms. The molecule has 1 aromatic heterocycles. The lowest BCUT2D eigenvalue weighted by molar-refractivity contribution is 0.528. The highest BCUT2D eigenvalue weighted by molar-refractivity contribution is 5.79. The molecule has 0 unspecified atom stereocenters.